The maximum Gasteiger partial charge on any atom is 0.318 e. The Balaban J connectivity index is 1.39. The molecule has 4 heterocycles. The van der Waals surface area contributed by atoms with Crippen molar-refractivity contribution in [3.05, 3.63) is 65.5 Å². The second kappa shape index (κ2) is 13.0. The van der Waals surface area contributed by atoms with Crippen LogP contribution in [-0.4, -0.2) is 84.7 Å². The first-order chi connectivity index (χ1) is 22.8. The monoisotopic (exact) mass is 654 g/mol. The smallest absolute Gasteiger partial charge is 0.318 e. The predicted octanol–water partition coefficient (Wildman–Crippen LogP) is 6.17. The third-order valence-electron chi connectivity index (χ3n) is 9.51. The van der Waals surface area contributed by atoms with E-state index in [1.54, 1.807) is 0 Å². The predicted molar refractivity (Wildman–Crippen MR) is 181 cm³/mol. The van der Waals surface area contributed by atoms with Gasteiger partial charge in [-0.3, -0.25) is 4.79 Å². The van der Waals surface area contributed by atoms with Crippen LogP contribution in [0.5, 0.6) is 11.8 Å². The van der Waals surface area contributed by atoms with Crippen molar-refractivity contribution in [3.63, 3.8) is 0 Å². The Morgan fingerprint density at radius 2 is 1.98 bits per heavy atom. The molecular weight excluding hydrogens is 619 g/mol. The van der Waals surface area contributed by atoms with E-state index in [0.717, 1.165) is 71.0 Å². The molecule has 0 N–H and O–H groups in total. The Hall–Kier alpha value is -4.46. The zero-order valence-corrected chi connectivity index (χ0v) is 27.1. The Morgan fingerprint density at radius 3 is 2.74 bits per heavy atom. The lowest BCUT2D eigenvalue weighted by Gasteiger charge is -2.41. The highest BCUT2D eigenvalue weighted by atomic mass is 35.5. The summed E-state index contributed by atoms with van der Waals surface area (Å²) in [6.45, 7) is 7.06. The van der Waals surface area contributed by atoms with Crippen molar-refractivity contribution in [2.24, 2.45) is 5.92 Å². The molecule has 11 heteroatoms. The van der Waals surface area contributed by atoms with Crippen molar-refractivity contribution in [1.29, 1.82) is 5.26 Å². The van der Waals surface area contributed by atoms with Crippen molar-refractivity contribution in [3.8, 4) is 29.0 Å². The fourth-order valence-corrected chi connectivity index (χ4v) is 7.54. The summed E-state index contributed by atoms with van der Waals surface area (Å²) in [6.07, 6.45) is 2.73. The van der Waals surface area contributed by atoms with Gasteiger partial charge in [-0.25, -0.2) is 4.39 Å². The zero-order valence-electron chi connectivity index (χ0n) is 26.3. The van der Waals surface area contributed by atoms with Crippen LogP contribution in [0.2, 0.25) is 5.02 Å². The molecule has 0 unspecified atom stereocenters. The largest absolute Gasteiger partial charge is 0.492 e. The van der Waals surface area contributed by atoms with Gasteiger partial charge >= 0.3 is 6.01 Å². The topological polar surface area (TPSA) is 94.8 Å². The summed E-state index contributed by atoms with van der Waals surface area (Å²) in [7, 11) is 2.11. The summed E-state index contributed by atoms with van der Waals surface area (Å²) >= 11 is 6.81. The molecular formula is C36H36ClFN6O3. The van der Waals surface area contributed by atoms with Gasteiger partial charge in [0.15, 0.2) is 5.83 Å². The van der Waals surface area contributed by atoms with Crippen molar-refractivity contribution < 1.29 is 18.7 Å². The Labute approximate surface area is 278 Å². The number of rotatable bonds is 7. The summed E-state index contributed by atoms with van der Waals surface area (Å²) in [5, 5.41) is 13.1. The number of likely N-dealkylation sites (tertiary alicyclic amines) is 1. The highest BCUT2D eigenvalue weighted by Gasteiger charge is 2.35. The quantitative estimate of drug-likeness (QED) is 0.218. The lowest BCUT2D eigenvalue weighted by atomic mass is 9.89. The van der Waals surface area contributed by atoms with E-state index >= 15 is 0 Å². The third-order valence-corrected chi connectivity index (χ3v) is 9.82. The minimum Gasteiger partial charge on any atom is -0.492 e. The first-order valence-corrected chi connectivity index (χ1v) is 16.5. The van der Waals surface area contributed by atoms with Crippen LogP contribution < -0.4 is 14.4 Å². The SMILES string of the molecule is C=C(F)C(=O)N1CCN(c2nc(OC[C@@H]3CCN(C)C3)nc3cc(-c4cccc5cccc(Cl)c45)c4c(c23)OCCC4)C[C@@H]1CC#N. The van der Waals surface area contributed by atoms with Gasteiger partial charge in [-0.15, -0.1) is 0 Å². The molecule has 0 aliphatic carbocycles. The van der Waals surface area contributed by atoms with Crippen LogP contribution in [0.25, 0.3) is 32.8 Å². The number of nitrogens with zero attached hydrogens (tertiary/aromatic N) is 6. The maximum absolute atomic E-state index is 14.0. The van der Waals surface area contributed by atoms with Gasteiger partial charge in [-0.05, 0) is 61.5 Å². The summed E-state index contributed by atoms with van der Waals surface area (Å²) in [6, 6.07) is 16.1. The normalized spacial score (nSPS) is 19.8. The van der Waals surface area contributed by atoms with E-state index in [4.69, 9.17) is 31.0 Å². The maximum atomic E-state index is 14.0. The summed E-state index contributed by atoms with van der Waals surface area (Å²) in [5.41, 5.74) is 3.72. The highest BCUT2D eigenvalue weighted by molar-refractivity contribution is 6.36. The van der Waals surface area contributed by atoms with E-state index in [0.29, 0.717) is 42.0 Å². The molecule has 2 fully saturated rings. The molecule has 47 heavy (non-hydrogen) atoms. The molecule has 9 nitrogen and oxygen atoms in total. The summed E-state index contributed by atoms with van der Waals surface area (Å²) < 4.78 is 26.7. The number of nitriles is 1. The number of carbonyl (C=O) groups is 1. The van der Waals surface area contributed by atoms with E-state index < -0.39 is 17.8 Å². The zero-order chi connectivity index (χ0) is 32.7. The van der Waals surface area contributed by atoms with Gasteiger partial charge in [0, 0.05) is 48.1 Å². The fraction of sp³-hybridized carbons (Fsp3) is 0.389. The number of fused-ring (bicyclic) bond motifs is 4. The van der Waals surface area contributed by atoms with Crippen molar-refractivity contribution in [2.45, 2.75) is 31.7 Å². The van der Waals surface area contributed by atoms with Gasteiger partial charge in [0.2, 0.25) is 0 Å². The van der Waals surface area contributed by atoms with Gasteiger partial charge in [0.1, 0.15) is 11.6 Å². The van der Waals surface area contributed by atoms with Gasteiger partial charge in [-0.1, -0.05) is 48.5 Å². The standard InChI is InChI=1S/C36H36ClFN6O3/c1-22(38)35(45)44-16-15-43(20-25(44)11-13-39)34-32-30(40-36(41-34)47-21-23-12-14-42(2)19-23)18-28(27-9-5-17-46-33(27)32)26-8-3-6-24-7-4-10-29(37)31(24)26/h3-4,6-8,10,18,23,25H,1,5,9,11-12,14-17,19-21H2,2H3/t23-,25+/m1/s1. The van der Waals surface area contributed by atoms with E-state index in [9.17, 15) is 14.4 Å². The van der Waals surface area contributed by atoms with Gasteiger partial charge in [0.25, 0.3) is 5.91 Å². The number of piperazine rings is 1. The molecule has 0 radical (unpaired) electrons. The average molecular weight is 655 g/mol. The average Bonchev–Trinajstić information content (AvgIpc) is 3.51. The molecule has 2 saturated heterocycles. The van der Waals surface area contributed by atoms with E-state index in [1.807, 2.05) is 23.1 Å². The molecule has 0 saturated carbocycles. The number of ether oxygens (including phenoxy) is 2. The molecule has 2 atom stereocenters. The molecule has 1 amide bonds. The van der Waals surface area contributed by atoms with Crippen LogP contribution >= 0.6 is 11.6 Å². The van der Waals surface area contributed by atoms with Crippen LogP contribution in [0, 0.1) is 17.2 Å². The number of aromatic nitrogens is 2. The Kier molecular flexibility index (Phi) is 8.60. The van der Waals surface area contributed by atoms with Crippen LogP contribution in [0.3, 0.4) is 0 Å². The van der Waals surface area contributed by atoms with E-state index in [1.165, 1.54) is 4.90 Å². The van der Waals surface area contributed by atoms with E-state index in [2.05, 4.69) is 48.9 Å². The van der Waals surface area contributed by atoms with Crippen molar-refractivity contribution in [2.75, 3.05) is 57.9 Å². The molecule has 4 aromatic rings. The molecule has 1 aromatic heterocycles. The number of hydrogen-bond acceptors (Lipinski definition) is 8. The molecule has 0 spiro atoms. The Bertz CT molecular complexity index is 1920. The number of benzene rings is 3. The summed E-state index contributed by atoms with van der Waals surface area (Å²) in [5.74, 6) is -0.123. The molecule has 0 bridgehead atoms. The number of anilines is 1. The first-order valence-electron chi connectivity index (χ1n) is 16.1. The molecule has 7 rings (SSSR count). The second-order valence-electron chi connectivity index (χ2n) is 12.6. The van der Waals surface area contributed by atoms with Crippen LogP contribution in [0.4, 0.5) is 10.2 Å². The van der Waals surface area contributed by atoms with Gasteiger partial charge in [-0.2, -0.15) is 15.2 Å². The van der Waals surface area contributed by atoms with Crippen molar-refractivity contribution >= 4 is 45.0 Å². The summed E-state index contributed by atoms with van der Waals surface area (Å²) in [4.78, 5) is 28.3. The van der Waals surface area contributed by atoms with Crippen LogP contribution in [0.15, 0.2) is 54.9 Å². The highest BCUT2D eigenvalue weighted by Crippen LogP contribution is 2.46. The minimum absolute atomic E-state index is 0.0394. The van der Waals surface area contributed by atoms with E-state index in [-0.39, 0.29) is 25.5 Å². The van der Waals surface area contributed by atoms with Gasteiger partial charge in [0.05, 0.1) is 42.6 Å². The second-order valence-corrected chi connectivity index (χ2v) is 13.1. The Morgan fingerprint density at radius 1 is 1.15 bits per heavy atom. The lowest BCUT2D eigenvalue weighted by molar-refractivity contribution is -0.131. The number of carbonyl (C=O) groups excluding carboxylic acids is 1. The molecule has 3 aliphatic heterocycles. The first kappa shape index (κ1) is 31.2. The van der Waals surface area contributed by atoms with Crippen LogP contribution in [0.1, 0.15) is 24.8 Å². The third kappa shape index (κ3) is 5.94. The molecule has 3 aromatic carbocycles. The number of hydrogen-bond donors (Lipinski definition) is 0. The number of halogens is 2. The number of amides is 1. The fourth-order valence-electron chi connectivity index (χ4n) is 7.25. The van der Waals surface area contributed by atoms with Gasteiger partial charge < -0.3 is 24.2 Å². The van der Waals surface area contributed by atoms with Crippen LogP contribution in [-0.2, 0) is 11.2 Å². The molecule has 242 valence electrons. The van der Waals surface area contributed by atoms with Crippen molar-refractivity contribution in [1.82, 2.24) is 19.8 Å². The lowest BCUT2D eigenvalue weighted by Crippen LogP contribution is -2.55. The minimum atomic E-state index is -1.04. The molecule has 3 aliphatic rings.